The lowest BCUT2D eigenvalue weighted by Gasteiger charge is -2.20. The molecule has 0 aliphatic carbocycles. The van der Waals surface area contributed by atoms with E-state index in [1.54, 1.807) is 0 Å². The number of aliphatic hydroxyl groups is 2. The molecule has 0 aliphatic heterocycles. The lowest BCUT2D eigenvalue weighted by molar-refractivity contribution is -0.153. The van der Waals surface area contributed by atoms with Crippen LogP contribution < -0.4 is 0 Å². The minimum atomic E-state index is -4.65. The van der Waals surface area contributed by atoms with Crippen LogP contribution in [0.3, 0.4) is 0 Å². The highest BCUT2D eigenvalue weighted by molar-refractivity contribution is 7.47. The van der Waals surface area contributed by atoms with E-state index in [4.69, 9.17) is 18.5 Å². The molecule has 346 valence electrons. The van der Waals surface area contributed by atoms with Gasteiger partial charge in [-0.3, -0.25) is 18.6 Å². The van der Waals surface area contributed by atoms with E-state index < -0.39 is 58.4 Å². The summed E-state index contributed by atoms with van der Waals surface area (Å²) >= 11 is 0. The molecule has 0 fully saturated rings. The van der Waals surface area contributed by atoms with E-state index in [0.717, 1.165) is 96.3 Å². The maximum absolute atomic E-state index is 12.4. The molecule has 0 aromatic rings. The number of unbranched alkanes of at least 4 members (excludes halogenated alkanes) is 17. The fraction of sp³-hybridized carbons (Fsp3) is 0.714. The first-order valence-corrected chi connectivity index (χ1v) is 24.9. The van der Waals surface area contributed by atoms with Crippen LogP contribution in [0, 0.1) is 0 Å². The minimum absolute atomic E-state index is 0.173. The van der Waals surface area contributed by atoms with Crippen LogP contribution in [0.25, 0.3) is 0 Å². The van der Waals surface area contributed by atoms with Crippen LogP contribution in [0.5, 0.6) is 0 Å². The van der Waals surface area contributed by atoms with Crippen LogP contribution in [-0.2, 0) is 32.7 Å². The zero-order valence-corrected chi connectivity index (χ0v) is 38.5. The molecule has 10 nitrogen and oxygen atoms in total. The Balaban J connectivity index is 3.89. The number of hydrogen-bond donors (Lipinski definition) is 3. The summed E-state index contributed by atoms with van der Waals surface area (Å²) in [5, 5.41) is 19.2. The van der Waals surface area contributed by atoms with Gasteiger partial charge in [0.25, 0.3) is 0 Å². The highest BCUT2D eigenvalue weighted by Gasteiger charge is 2.27. The molecule has 0 aliphatic rings. The number of phosphoric ester groups is 1. The molecule has 0 bridgehead atoms. The van der Waals surface area contributed by atoms with Gasteiger partial charge >= 0.3 is 19.8 Å². The smallest absolute Gasteiger partial charge is 0.457 e. The van der Waals surface area contributed by atoms with Crippen molar-refractivity contribution in [2.45, 2.75) is 199 Å². The van der Waals surface area contributed by atoms with Crippen molar-refractivity contribution in [2.75, 3.05) is 26.4 Å². The summed E-state index contributed by atoms with van der Waals surface area (Å²) < 4.78 is 32.6. The average Bonchev–Trinajstić information content (AvgIpc) is 3.24. The molecule has 60 heavy (non-hydrogen) atoms. The van der Waals surface area contributed by atoms with E-state index in [2.05, 4.69) is 86.8 Å². The number of allylic oxidation sites excluding steroid dienone is 12. The molecule has 0 aromatic heterocycles. The van der Waals surface area contributed by atoms with E-state index in [0.29, 0.717) is 12.8 Å². The summed E-state index contributed by atoms with van der Waals surface area (Å²) in [6.07, 6.45) is 51.6. The van der Waals surface area contributed by atoms with E-state index in [9.17, 15) is 29.3 Å². The number of carbonyl (C=O) groups is 2. The molecule has 0 spiro atoms. The molecule has 0 saturated heterocycles. The number of hydrogen-bond acceptors (Lipinski definition) is 9. The Morgan fingerprint density at radius 1 is 0.467 bits per heavy atom. The third kappa shape index (κ3) is 42.1. The molecular formula is C49H85O10P. The first kappa shape index (κ1) is 57.4. The van der Waals surface area contributed by atoms with Crippen molar-refractivity contribution in [3.8, 4) is 0 Å². The van der Waals surface area contributed by atoms with Gasteiger partial charge in [0.05, 0.1) is 26.4 Å². The highest BCUT2D eigenvalue weighted by Crippen LogP contribution is 2.43. The van der Waals surface area contributed by atoms with Gasteiger partial charge in [-0.15, -0.1) is 0 Å². The fourth-order valence-electron chi connectivity index (χ4n) is 6.06. The Kier molecular flexibility index (Phi) is 42.5. The zero-order chi connectivity index (χ0) is 44.0. The van der Waals surface area contributed by atoms with Gasteiger partial charge in [-0.1, -0.05) is 170 Å². The second kappa shape index (κ2) is 44.5. The van der Waals surface area contributed by atoms with Crippen molar-refractivity contribution >= 4 is 19.8 Å². The Hall–Kier alpha value is -2.59. The lowest BCUT2D eigenvalue weighted by Crippen LogP contribution is -2.28. The molecule has 0 aromatic carbocycles. The van der Waals surface area contributed by atoms with Crippen molar-refractivity contribution in [1.29, 1.82) is 0 Å². The Morgan fingerprint density at radius 3 is 1.13 bits per heavy atom. The molecule has 0 saturated carbocycles. The van der Waals surface area contributed by atoms with Gasteiger partial charge in [0, 0.05) is 12.8 Å². The molecule has 11 heteroatoms. The van der Waals surface area contributed by atoms with Crippen molar-refractivity contribution in [2.24, 2.45) is 0 Å². The van der Waals surface area contributed by atoms with Gasteiger partial charge in [0.2, 0.25) is 0 Å². The van der Waals surface area contributed by atoms with Gasteiger partial charge in [-0.05, 0) is 77.0 Å². The van der Waals surface area contributed by atoms with Gasteiger partial charge in [-0.2, -0.15) is 0 Å². The summed E-state index contributed by atoms with van der Waals surface area (Å²) in [6.45, 7) is 2.03. The Morgan fingerprint density at radius 2 is 0.783 bits per heavy atom. The predicted molar refractivity (Wildman–Crippen MR) is 247 cm³/mol. The second-order valence-electron chi connectivity index (χ2n) is 15.4. The van der Waals surface area contributed by atoms with Crippen molar-refractivity contribution < 1.29 is 47.8 Å². The average molecular weight is 865 g/mol. The SMILES string of the molecule is CC/C=C\C/C=C\C/C=C\C/C=C\CCCCCCCCCCCCC(=O)OC(CO)COP(=O)(O)OCC(CO)OC(=O)CCCCCCC/C=C\C/C=C\CCCC. The van der Waals surface area contributed by atoms with E-state index in [1.807, 2.05) is 0 Å². The molecular weight excluding hydrogens is 780 g/mol. The Bertz CT molecular complexity index is 1220. The molecule has 3 N–H and O–H groups in total. The van der Waals surface area contributed by atoms with Gasteiger partial charge in [0.1, 0.15) is 12.2 Å². The normalized spacial score (nSPS) is 14.4. The molecule has 0 rings (SSSR count). The van der Waals surface area contributed by atoms with Crippen molar-refractivity contribution in [3.63, 3.8) is 0 Å². The monoisotopic (exact) mass is 865 g/mol. The van der Waals surface area contributed by atoms with Crippen molar-refractivity contribution in [1.82, 2.24) is 0 Å². The van der Waals surface area contributed by atoms with Crippen molar-refractivity contribution in [3.05, 3.63) is 72.9 Å². The third-order valence-electron chi connectivity index (χ3n) is 9.65. The molecule has 3 atom stereocenters. The minimum Gasteiger partial charge on any atom is -0.457 e. The predicted octanol–water partition coefficient (Wildman–Crippen LogP) is 12.8. The van der Waals surface area contributed by atoms with Crippen LogP contribution >= 0.6 is 7.82 Å². The quantitative estimate of drug-likeness (QED) is 0.0234. The summed E-state index contributed by atoms with van der Waals surface area (Å²) in [7, 11) is -4.65. The summed E-state index contributed by atoms with van der Waals surface area (Å²) in [6, 6.07) is 0. The standard InChI is InChI=1S/C49H85O10P/c1-3-5-7-9-11-13-15-17-19-20-21-22-23-24-25-26-27-29-31-33-35-37-39-41-49(53)59-47(43-51)45-57-60(54,55)56-44-46(42-50)58-48(52)40-38-36-34-32-30-28-18-16-14-12-10-8-6-4-2/h5,7,10-13,16-19,21-22,46-47,50-51H,3-4,6,8-9,14-15,20,23-45H2,1-2H3,(H,54,55)/b7-5-,12-10-,13-11-,18-16-,19-17-,22-21-. The van der Waals surface area contributed by atoms with E-state index in [1.165, 1.54) is 51.4 Å². The number of rotatable bonds is 43. The number of carbonyl (C=O) groups excluding carboxylic acids is 2. The maximum Gasteiger partial charge on any atom is 0.472 e. The summed E-state index contributed by atoms with van der Waals surface area (Å²) in [5.74, 6) is -1.04. The zero-order valence-electron chi connectivity index (χ0n) is 37.6. The number of aliphatic hydroxyl groups excluding tert-OH is 2. The van der Waals surface area contributed by atoms with E-state index >= 15 is 0 Å². The number of esters is 2. The molecule has 0 heterocycles. The van der Waals surface area contributed by atoms with E-state index in [-0.39, 0.29) is 12.8 Å². The first-order valence-electron chi connectivity index (χ1n) is 23.4. The van der Waals surface area contributed by atoms with Crippen LogP contribution in [0.1, 0.15) is 187 Å². The molecule has 3 unspecified atom stereocenters. The number of phosphoric acid groups is 1. The molecule has 0 radical (unpaired) electrons. The maximum atomic E-state index is 12.4. The topological polar surface area (TPSA) is 149 Å². The van der Waals surface area contributed by atoms with Gasteiger partial charge < -0.3 is 24.6 Å². The molecule has 0 amide bonds. The lowest BCUT2D eigenvalue weighted by atomic mass is 10.0. The Labute approximate surface area is 365 Å². The second-order valence-corrected chi connectivity index (χ2v) is 16.8. The third-order valence-corrected chi connectivity index (χ3v) is 10.6. The van der Waals surface area contributed by atoms with Gasteiger partial charge in [0.15, 0.2) is 0 Å². The van der Waals surface area contributed by atoms with Crippen LogP contribution in [0.2, 0.25) is 0 Å². The largest absolute Gasteiger partial charge is 0.472 e. The summed E-state index contributed by atoms with van der Waals surface area (Å²) in [5.41, 5.74) is 0. The van der Waals surface area contributed by atoms with Gasteiger partial charge in [-0.25, -0.2) is 4.57 Å². The summed E-state index contributed by atoms with van der Waals surface area (Å²) in [4.78, 5) is 34.6. The fourth-order valence-corrected chi connectivity index (χ4v) is 6.85. The van der Waals surface area contributed by atoms with Crippen LogP contribution in [-0.4, -0.2) is 65.7 Å². The first-order chi connectivity index (χ1) is 29.3. The number of ether oxygens (including phenoxy) is 2. The van der Waals surface area contributed by atoms with Crippen LogP contribution in [0.15, 0.2) is 72.9 Å². The highest BCUT2D eigenvalue weighted by atomic mass is 31.2. The van der Waals surface area contributed by atoms with Crippen LogP contribution in [0.4, 0.5) is 0 Å².